The van der Waals surface area contributed by atoms with Gasteiger partial charge in [-0.3, -0.25) is 4.98 Å². The summed E-state index contributed by atoms with van der Waals surface area (Å²) < 4.78 is 21.1. The van der Waals surface area contributed by atoms with Gasteiger partial charge in [-0.2, -0.15) is 9.97 Å². The van der Waals surface area contributed by atoms with Crippen LogP contribution in [0, 0.1) is 11.7 Å². The number of nitrogen functional groups attached to an aromatic ring is 1. The van der Waals surface area contributed by atoms with Crippen molar-refractivity contribution in [1.29, 1.82) is 0 Å². The van der Waals surface area contributed by atoms with Crippen molar-refractivity contribution in [3.8, 4) is 17.4 Å². The molecule has 1 atom stereocenters. The Labute approximate surface area is 161 Å². The van der Waals surface area contributed by atoms with E-state index < -0.39 is 5.82 Å². The fraction of sp³-hybridized carbons (Fsp3) is 0.300. The van der Waals surface area contributed by atoms with E-state index in [9.17, 15) is 4.39 Å². The average Bonchev–Trinajstić information content (AvgIpc) is 3.03. The van der Waals surface area contributed by atoms with Gasteiger partial charge >= 0.3 is 6.01 Å². The monoisotopic (exact) mass is 380 g/mol. The summed E-state index contributed by atoms with van der Waals surface area (Å²) in [7, 11) is 0. The number of nitrogens with zero attached hydrogens (tertiary/aromatic N) is 5. The molecule has 8 heteroatoms. The molecule has 0 radical (unpaired) electrons. The predicted octanol–water partition coefficient (Wildman–Crippen LogP) is 3.53. The maximum atomic E-state index is 13.8. The van der Waals surface area contributed by atoms with Crippen molar-refractivity contribution >= 4 is 17.0 Å². The summed E-state index contributed by atoms with van der Waals surface area (Å²) in [5.41, 5.74) is 8.77. The second kappa shape index (κ2) is 7.38. The Kier molecular flexibility index (Phi) is 4.77. The fourth-order valence-electron chi connectivity index (χ4n) is 3.17. The van der Waals surface area contributed by atoms with Gasteiger partial charge < -0.3 is 15.0 Å². The molecule has 1 aliphatic carbocycles. The molecule has 0 fully saturated rings. The molecule has 4 rings (SSSR count). The van der Waals surface area contributed by atoms with E-state index in [-0.39, 0.29) is 11.8 Å². The third-order valence-corrected chi connectivity index (χ3v) is 4.57. The van der Waals surface area contributed by atoms with Crippen LogP contribution in [-0.4, -0.2) is 31.1 Å². The van der Waals surface area contributed by atoms with E-state index in [1.807, 2.05) is 11.5 Å². The number of hydrogen-bond acceptors (Lipinski definition) is 6. The van der Waals surface area contributed by atoms with Crippen LogP contribution in [0.3, 0.4) is 0 Å². The number of anilines is 1. The lowest BCUT2D eigenvalue weighted by Crippen LogP contribution is -2.08. The van der Waals surface area contributed by atoms with Crippen LogP contribution in [0.5, 0.6) is 6.01 Å². The maximum absolute atomic E-state index is 13.8. The summed E-state index contributed by atoms with van der Waals surface area (Å²) in [6, 6.07) is 1.59. The first-order valence-electron chi connectivity index (χ1n) is 9.20. The summed E-state index contributed by atoms with van der Waals surface area (Å²) in [4.78, 5) is 17.2. The molecule has 0 aliphatic heterocycles. The summed E-state index contributed by atoms with van der Waals surface area (Å²) in [5, 5.41) is 0. The highest BCUT2D eigenvalue weighted by Gasteiger charge is 2.20. The zero-order valence-corrected chi connectivity index (χ0v) is 15.8. The molecule has 0 amide bonds. The second-order valence-electron chi connectivity index (χ2n) is 6.76. The molecule has 0 spiro atoms. The molecular weight excluding hydrogens is 359 g/mol. The van der Waals surface area contributed by atoms with Crippen molar-refractivity contribution in [2.24, 2.45) is 5.92 Å². The minimum atomic E-state index is -0.434. The Morgan fingerprint density at radius 1 is 1.29 bits per heavy atom. The van der Waals surface area contributed by atoms with Crippen molar-refractivity contribution in [3.05, 3.63) is 48.1 Å². The number of nitrogens with two attached hydrogens (primary N) is 1. The van der Waals surface area contributed by atoms with Crippen LogP contribution in [0.2, 0.25) is 0 Å². The molecule has 0 saturated carbocycles. The molecule has 3 heterocycles. The Morgan fingerprint density at radius 3 is 2.86 bits per heavy atom. The molecule has 144 valence electrons. The quantitative estimate of drug-likeness (QED) is 0.728. The third-order valence-electron chi connectivity index (χ3n) is 4.57. The lowest BCUT2D eigenvalue weighted by molar-refractivity contribution is 0.314. The number of rotatable bonds is 5. The van der Waals surface area contributed by atoms with Crippen LogP contribution < -0.4 is 10.5 Å². The SMILES string of the molecule is CCOc1nc(N)c2nc(-c3cncc(F)c3)n(CC3=CCC(C)C=C3)c2n1. The molecular formula is C20H21FN6O. The molecule has 7 nitrogen and oxygen atoms in total. The minimum Gasteiger partial charge on any atom is -0.464 e. The molecule has 0 aromatic carbocycles. The number of imidazole rings is 1. The number of fused-ring (bicyclic) bond motifs is 1. The van der Waals surface area contributed by atoms with Gasteiger partial charge in [-0.05, 0) is 30.9 Å². The van der Waals surface area contributed by atoms with Gasteiger partial charge in [0, 0.05) is 11.8 Å². The number of aromatic nitrogens is 5. The zero-order chi connectivity index (χ0) is 19.7. The van der Waals surface area contributed by atoms with Crippen LogP contribution in [0.15, 0.2) is 42.3 Å². The van der Waals surface area contributed by atoms with E-state index in [2.05, 4.69) is 45.1 Å². The first-order valence-corrected chi connectivity index (χ1v) is 9.20. The lowest BCUT2D eigenvalue weighted by Gasteiger charge is -2.14. The largest absolute Gasteiger partial charge is 0.464 e. The van der Waals surface area contributed by atoms with Crippen LogP contribution in [-0.2, 0) is 6.54 Å². The van der Waals surface area contributed by atoms with Crippen LogP contribution in [0.1, 0.15) is 20.3 Å². The van der Waals surface area contributed by atoms with E-state index >= 15 is 0 Å². The van der Waals surface area contributed by atoms with Gasteiger partial charge in [0.2, 0.25) is 0 Å². The Hall–Kier alpha value is -3.29. The number of pyridine rings is 1. The van der Waals surface area contributed by atoms with Crippen molar-refractivity contribution in [2.45, 2.75) is 26.8 Å². The van der Waals surface area contributed by atoms with Gasteiger partial charge in [-0.15, -0.1) is 0 Å². The summed E-state index contributed by atoms with van der Waals surface area (Å²) in [5.74, 6) is 0.831. The molecule has 1 aliphatic rings. The number of halogens is 1. The van der Waals surface area contributed by atoms with Gasteiger partial charge in [-0.1, -0.05) is 25.2 Å². The Morgan fingerprint density at radius 2 is 2.14 bits per heavy atom. The highest BCUT2D eigenvalue weighted by molar-refractivity contribution is 5.85. The van der Waals surface area contributed by atoms with Crippen molar-refractivity contribution in [2.75, 3.05) is 12.3 Å². The second-order valence-corrected chi connectivity index (χ2v) is 6.76. The Balaban J connectivity index is 1.89. The van der Waals surface area contributed by atoms with E-state index in [0.29, 0.717) is 41.6 Å². The van der Waals surface area contributed by atoms with Gasteiger partial charge in [-0.25, -0.2) is 9.37 Å². The van der Waals surface area contributed by atoms with Crippen molar-refractivity contribution in [1.82, 2.24) is 24.5 Å². The van der Waals surface area contributed by atoms with Crippen molar-refractivity contribution in [3.63, 3.8) is 0 Å². The topological polar surface area (TPSA) is 91.7 Å². The molecule has 0 bridgehead atoms. The third kappa shape index (κ3) is 3.45. The first kappa shape index (κ1) is 18.1. The molecule has 3 aromatic rings. The standard InChI is InChI=1S/C20H21FN6O/c1-3-28-20-25-17(22)16-19(26-20)27(11-13-6-4-12(2)5-7-13)18(24-16)14-8-15(21)10-23-9-14/h4,6-10,12H,3,5,11H2,1-2H3,(H2,22,25,26). The minimum absolute atomic E-state index is 0.194. The van der Waals surface area contributed by atoms with E-state index in [0.717, 1.165) is 18.2 Å². The van der Waals surface area contributed by atoms with E-state index in [1.165, 1.54) is 6.07 Å². The van der Waals surface area contributed by atoms with Gasteiger partial charge in [0.25, 0.3) is 0 Å². The maximum Gasteiger partial charge on any atom is 0.320 e. The molecule has 28 heavy (non-hydrogen) atoms. The molecule has 2 N–H and O–H groups in total. The predicted molar refractivity (Wildman–Crippen MR) is 105 cm³/mol. The number of allylic oxidation sites excluding steroid dienone is 4. The highest BCUT2D eigenvalue weighted by Crippen LogP contribution is 2.29. The average molecular weight is 380 g/mol. The van der Waals surface area contributed by atoms with Crippen LogP contribution in [0.25, 0.3) is 22.6 Å². The normalized spacial score (nSPS) is 16.4. The molecule has 3 aromatic heterocycles. The van der Waals surface area contributed by atoms with Gasteiger partial charge in [0.1, 0.15) is 11.6 Å². The smallest absolute Gasteiger partial charge is 0.320 e. The number of hydrogen-bond donors (Lipinski definition) is 1. The Bertz CT molecular complexity index is 1090. The summed E-state index contributed by atoms with van der Waals surface area (Å²) in [6.45, 7) is 4.96. The molecule has 0 saturated heterocycles. The van der Waals surface area contributed by atoms with Gasteiger partial charge in [0.15, 0.2) is 17.0 Å². The molecule has 1 unspecified atom stereocenters. The zero-order valence-electron chi connectivity index (χ0n) is 15.8. The summed E-state index contributed by atoms with van der Waals surface area (Å²) in [6.07, 6.45) is 10.2. The first-order chi connectivity index (χ1) is 13.5. The van der Waals surface area contributed by atoms with Crippen LogP contribution in [0.4, 0.5) is 10.2 Å². The van der Waals surface area contributed by atoms with Crippen molar-refractivity contribution < 1.29 is 9.13 Å². The van der Waals surface area contributed by atoms with Gasteiger partial charge in [0.05, 0.1) is 19.3 Å². The number of ether oxygens (including phenoxy) is 1. The van der Waals surface area contributed by atoms with Crippen LogP contribution >= 0.6 is 0 Å². The van der Waals surface area contributed by atoms with E-state index in [1.54, 1.807) is 6.20 Å². The fourth-order valence-corrected chi connectivity index (χ4v) is 3.17. The lowest BCUT2D eigenvalue weighted by atomic mass is 9.98. The highest BCUT2D eigenvalue weighted by atomic mass is 19.1. The summed E-state index contributed by atoms with van der Waals surface area (Å²) >= 11 is 0. The van der Waals surface area contributed by atoms with E-state index in [4.69, 9.17) is 10.5 Å².